The Morgan fingerprint density at radius 3 is 2.49 bits per heavy atom. The van der Waals surface area contributed by atoms with Crippen LogP contribution in [-0.4, -0.2) is 63.5 Å². The topological polar surface area (TPSA) is 152 Å². The molecule has 0 saturated carbocycles. The molecule has 13 heteroatoms. The van der Waals surface area contributed by atoms with Crippen LogP contribution in [0.1, 0.15) is 47.8 Å². The molecule has 0 spiro atoms. The van der Waals surface area contributed by atoms with Crippen molar-refractivity contribution < 1.29 is 41.8 Å². The molecule has 0 amide bonds. The van der Waals surface area contributed by atoms with E-state index in [0.717, 1.165) is 10.9 Å². The number of benzene rings is 3. The number of ether oxygens (including phenoxy) is 3. The summed E-state index contributed by atoms with van der Waals surface area (Å²) in [5.41, 5.74) is 2.61. The molecule has 0 fully saturated rings. The predicted octanol–water partition coefficient (Wildman–Crippen LogP) is 5.10. The van der Waals surface area contributed by atoms with Crippen molar-refractivity contribution in [2.75, 3.05) is 25.5 Å². The number of sulfonamides is 1. The van der Waals surface area contributed by atoms with Crippen LogP contribution in [0.3, 0.4) is 0 Å². The number of hydrogen-bond donors (Lipinski definition) is 1. The molecule has 3 aromatic carbocycles. The van der Waals surface area contributed by atoms with Gasteiger partial charge in [0.05, 0.1) is 35.9 Å². The van der Waals surface area contributed by atoms with E-state index in [2.05, 4.69) is 9.88 Å². The summed E-state index contributed by atoms with van der Waals surface area (Å²) in [7, 11) is -1.16. The van der Waals surface area contributed by atoms with Gasteiger partial charge in [-0.15, -0.1) is 0 Å². The van der Waals surface area contributed by atoms with E-state index < -0.39 is 34.0 Å². The predicted molar refractivity (Wildman–Crippen MR) is 174 cm³/mol. The molecule has 0 saturated heterocycles. The first-order valence-corrected chi connectivity index (χ1v) is 16.1. The van der Waals surface area contributed by atoms with Crippen LogP contribution in [-0.2, 0) is 38.7 Å². The second kappa shape index (κ2) is 14.0. The minimum atomic E-state index is -4.05. The van der Waals surface area contributed by atoms with Crippen LogP contribution in [0.5, 0.6) is 0 Å². The summed E-state index contributed by atoms with van der Waals surface area (Å²) in [4.78, 5) is 42.5. The Morgan fingerprint density at radius 1 is 1.02 bits per heavy atom. The minimum Gasteiger partial charge on any atom is -0.467 e. The van der Waals surface area contributed by atoms with E-state index in [1.807, 2.05) is 31.2 Å². The van der Waals surface area contributed by atoms with Crippen molar-refractivity contribution >= 4 is 56.3 Å². The molecule has 0 aliphatic carbocycles. The lowest BCUT2D eigenvalue weighted by atomic mass is 10.0. The molecule has 0 bridgehead atoms. The Labute approximate surface area is 271 Å². The fourth-order valence-electron chi connectivity index (χ4n) is 4.96. The summed E-state index contributed by atoms with van der Waals surface area (Å²) in [6, 6.07) is 18.6. The molecule has 0 radical (unpaired) electrons. The van der Waals surface area contributed by atoms with Crippen LogP contribution in [0.25, 0.3) is 17.0 Å². The fourth-order valence-corrected chi connectivity index (χ4v) is 6.01. The van der Waals surface area contributed by atoms with Crippen LogP contribution in [0.15, 0.2) is 94.6 Å². The van der Waals surface area contributed by atoms with Crippen molar-refractivity contribution in [3.63, 3.8) is 0 Å². The van der Waals surface area contributed by atoms with Crippen LogP contribution >= 0.6 is 0 Å². The number of fused-ring (bicyclic) bond motifs is 1. The second-order valence-corrected chi connectivity index (χ2v) is 12.4. The highest BCUT2D eigenvalue weighted by atomic mass is 32.2. The molecule has 1 aromatic heterocycles. The zero-order valence-electron chi connectivity index (χ0n) is 26.1. The average Bonchev–Trinajstić information content (AvgIpc) is 3.63. The van der Waals surface area contributed by atoms with Gasteiger partial charge >= 0.3 is 17.9 Å². The lowest BCUT2D eigenvalue weighted by molar-refractivity contribution is -0.144. The Bertz CT molecular complexity index is 2000. The minimum absolute atomic E-state index is 0.0565. The summed E-state index contributed by atoms with van der Waals surface area (Å²) >= 11 is 0. The normalized spacial score (nSPS) is 15.2. The van der Waals surface area contributed by atoms with Crippen molar-refractivity contribution in [3.05, 3.63) is 101 Å². The second-order valence-electron chi connectivity index (χ2n) is 10.8. The summed E-state index contributed by atoms with van der Waals surface area (Å²) in [6.45, 7) is 3.73. The van der Waals surface area contributed by atoms with Crippen LogP contribution in [0.4, 0.5) is 5.69 Å². The molecular formula is C34H33N3O9S. The number of rotatable bonds is 12. The van der Waals surface area contributed by atoms with Gasteiger partial charge in [-0.1, -0.05) is 41.6 Å². The van der Waals surface area contributed by atoms with Gasteiger partial charge in [0.25, 0.3) is 10.0 Å². The number of oxime groups is 1. The van der Waals surface area contributed by atoms with Gasteiger partial charge in [0.1, 0.15) is 11.8 Å². The molecular weight excluding hydrogens is 626 g/mol. The van der Waals surface area contributed by atoms with Crippen molar-refractivity contribution in [1.82, 2.24) is 4.57 Å². The number of carbonyl (C=O) groups is 3. The van der Waals surface area contributed by atoms with Gasteiger partial charge in [0.15, 0.2) is 0 Å². The maximum Gasteiger partial charge on any atom is 0.368 e. The van der Waals surface area contributed by atoms with E-state index in [1.54, 1.807) is 36.9 Å². The Kier molecular flexibility index (Phi) is 9.87. The molecule has 2 heterocycles. The van der Waals surface area contributed by atoms with Crippen molar-refractivity contribution in [3.8, 4) is 0 Å². The first-order valence-electron chi connectivity index (χ1n) is 14.6. The Morgan fingerprint density at radius 2 is 1.77 bits per heavy atom. The van der Waals surface area contributed by atoms with E-state index in [0.29, 0.717) is 17.5 Å². The van der Waals surface area contributed by atoms with Gasteiger partial charge in [-0.25, -0.2) is 22.8 Å². The summed E-state index contributed by atoms with van der Waals surface area (Å²) in [6.07, 6.45) is 3.83. The molecule has 1 N–H and O–H groups in total. The smallest absolute Gasteiger partial charge is 0.368 e. The fraction of sp³-hybridized carbons (Fsp3) is 0.235. The van der Waals surface area contributed by atoms with E-state index in [1.165, 1.54) is 49.6 Å². The monoisotopic (exact) mass is 659 g/mol. The molecule has 47 heavy (non-hydrogen) atoms. The first-order chi connectivity index (χ1) is 22.5. The number of anilines is 1. The molecule has 5 rings (SSSR count). The van der Waals surface area contributed by atoms with Gasteiger partial charge in [-0.3, -0.25) is 4.72 Å². The summed E-state index contributed by atoms with van der Waals surface area (Å²) in [5.74, 6) is -1.68. The highest BCUT2D eigenvalue weighted by molar-refractivity contribution is 7.92. The van der Waals surface area contributed by atoms with E-state index in [4.69, 9.17) is 19.0 Å². The quantitative estimate of drug-likeness (QED) is 0.124. The lowest BCUT2D eigenvalue weighted by Crippen LogP contribution is -2.16. The maximum atomic E-state index is 13.2. The zero-order valence-corrected chi connectivity index (χ0v) is 26.9. The highest BCUT2D eigenvalue weighted by Gasteiger charge is 2.28. The third-order valence-corrected chi connectivity index (χ3v) is 9.07. The van der Waals surface area contributed by atoms with E-state index >= 15 is 0 Å². The van der Waals surface area contributed by atoms with Gasteiger partial charge < -0.3 is 23.6 Å². The number of aromatic nitrogens is 1. The van der Waals surface area contributed by atoms with E-state index in [9.17, 15) is 22.8 Å². The van der Waals surface area contributed by atoms with Crippen LogP contribution in [0.2, 0.25) is 0 Å². The van der Waals surface area contributed by atoms with Crippen LogP contribution in [0, 0.1) is 0 Å². The molecule has 12 nitrogen and oxygen atoms in total. The third kappa shape index (κ3) is 7.26. The molecule has 1 aliphatic heterocycles. The van der Waals surface area contributed by atoms with E-state index in [-0.39, 0.29) is 40.1 Å². The molecule has 2 unspecified atom stereocenters. The number of nitrogens with zero attached hydrogens (tertiary/aromatic N) is 2. The number of carbonyl (C=O) groups excluding carboxylic acids is 3. The van der Waals surface area contributed by atoms with Gasteiger partial charge in [0, 0.05) is 47.4 Å². The number of nitrogens with one attached hydrogen (secondary N) is 1. The van der Waals surface area contributed by atoms with Crippen molar-refractivity contribution in [2.24, 2.45) is 5.16 Å². The Balaban J connectivity index is 1.35. The van der Waals surface area contributed by atoms with Crippen LogP contribution < -0.4 is 4.72 Å². The molecule has 244 valence electrons. The van der Waals surface area contributed by atoms with Gasteiger partial charge in [-0.05, 0) is 56.3 Å². The summed E-state index contributed by atoms with van der Waals surface area (Å²) in [5, 5.41) is 4.74. The SMILES string of the molecule is COC(=O)C(C)n1cc(C=C2C(=O)ON=C2c2ccc(S(=O)(=O)Nc3cccc(C(=O)OCCC(C)OC)c3)cc2)c2ccccc21. The van der Waals surface area contributed by atoms with Gasteiger partial charge in [0.2, 0.25) is 0 Å². The maximum absolute atomic E-state index is 13.2. The zero-order chi connectivity index (χ0) is 33.7. The number of hydrogen-bond acceptors (Lipinski definition) is 10. The molecule has 4 aromatic rings. The third-order valence-electron chi connectivity index (χ3n) is 7.67. The molecule has 2 atom stereocenters. The standard InChI is InChI=1S/C34H33N3O9S/c1-21(43-3)16-17-45-33(39)24-8-7-9-26(18-24)36-47(41,42)27-14-12-23(13-15-27)31-29(34(40)46-35-31)19-25-20-37(22(2)32(38)44-4)30-11-6-5-10-28(25)30/h5-15,18-22,36H,16-17H2,1-4H3. The number of methoxy groups -OCH3 is 2. The Hall–Kier alpha value is -5.27. The highest BCUT2D eigenvalue weighted by Crippen LogP contribution is 2.30. The largest absolute Gasteiger partial charge is 0.467 e. The first kappa shape index (κ1) is 33.1. The van der Waals surface area contributed by atoms with Gasteiger partial charge in [-0.2, -0.15) is 0 Å². The lowest BCUT2D eigenvalue weighted by Gasteiger charge is -2.12. The number of esters is 2. The number of para-hydroxylation sites is 1. The van der Waals surface area contributed by atoms with Crippen molar-refractivity contribution in [1.29, 1.82) is 0 Å². The van der Waals surface area contributed by atoms with Crippen molar-refractivity contribution in [2.45, 2.75) is 37.3 Å². The molecule has 1 aliphatic rings. The summed E-state index contributed by atoms with van der Waals surface area (Å²) < 4.78 is 46.0. The average molecular weight is 660 g/mol.